The van der Waals surface area contributed by atoms with Gasteiger partial charge in [0.1, 0.15) is 5.01 Å². The number of hydrogen-bond donors (Lipinski definition) is 0. The molecule has 0 amide bonds. The molecular formula is C16H19NOS2. The van der Waals surface area contributed by atoms with Crippen LogP contribution in [0.3, 0.4) is 0 Å². The maximum absolute atomic E-state index is 12.1. The van der Waals surface area contributed by atoms with Gasteiger partial charge < -0.3 is 0 Å². The summed E-state index contributed by atoms with van der Waals surface area (Å²) < 4.78 is 0.242. The lowest BCUT2D eigenvalue weighted by molar-refractivity contribution is 0.0992. The lowest BCUT2D eigenvalue weighted by Gasteiger charge is -2.16. The van der Waals surface area contributed by atoms with Gasteiger partial charge in [-0.15, -0.1) is 23.1 Å². The second-order valence-electron chi connectivity index (χ2n) is 5.60. The van der Waals surface area contributed by atoms with Crippen LogP contribution in [0.1, 0.15) is 41.8 Å². The fourth-order valence-electron chi connectivity index (χ4n) is 1.67. The van der Waals surface area contributed by atoms with Crippen LogP contribution < -0.4 is 0 Å². The first-order chi connectivity index (χ1) is 9.44. The van der Waals surface area contributed by atoms with Gasteiger partial charge in [-0.05, 0) is 0 Å². The minimum absolute atomic E-state index is 0.130. The third kappa shape index (κ3) is 4.76. The summed E-state index contributed by atoms with van der Waals surface area (Å²) in [5, 5.41) is 3.10. The van der Waals surface area contributed by atoms with E-state index in [1.807, 2.05) is 47.5 Å². The number of Topliss-reactive ketones (excluding diaryl/α,β-unsaturated/α-hetero) is 1. The molecule has 0 fully saturated rings. The van der Waals surface area contributed by atoms with Crippen LogP contribution in [0.5, 0.6) is 0 Å². The Labute approximate surface area is 128 Å². The summed E-state index contributed by atoms with van der Waals surface area (Å²) in [4.78, 5) is 16.7. The van der Waals surface area contributed by atoms with Crippen molar-refractivity contribution in [2.75, 3.05) is 0 Å². The third-order valence-electron chi connectivity index (χ3n) is 2.67. The Morgan fingerprint density at radius 3 is 2.60 bits per heavy atom. The molecule has 0 aliphatic heterocycles. The van der Waals surface area contributed by atoms with Crippen LogP contribution in [0.2, 0.25) is 0 Å². The molecule has 0 N–H and O–H groups in total. The van der Waals surface area contributed by atoms with Crippen LogP contribution in [0.4, 0.5) is 0 Å². The molecule has 1 heterocycles. The fourth-order valence-corrected chi connectivity index (χ4v) is 3.31. The first-order valence-electron chi connectivity index (χ1n) is 6.59. The molecule has 1 aromatic heterocycles. The normalized spacial score (nSPS) is 11.6. The van der Waals surface area contributed by atoms with Gasteiger partial charge in [-0.25, -0.2) is 4.98 Å². The van der Waals surface area contributed by atoms with E-state index >= 15 is 0 Å². The molecule has 2 rings (SSSR count). The number of thiazole rings is 1. The van der Waals surface area contributed by atoms with Crippen molar-refractivity contribution in [3.8, 4) is 0 Å². The molecule has 20 heavy (non-hydrogen) atoms. The average molecular weight is 305 g/mol. The van der Waals surface area contributed by atoms with Crippen LogP contribution in [0.25, 0.3) is 0 Å². The third-order valence-corrected chi connectivity index (χ3v) is 5.03. The van der Waals surface area contributed by atoms with Gasteiger partial charge in [-0.3, -0.25) is 4.79 Å². The molecule has 1 aromatic carbocycles. The summed E-state index contributed by atoms with van der Waals surface area (Å²) in [5.41, 5.74) is 1.64. The van der Waals surface area contributed by atoms with Crippen LogP contribution in [-0.2, 0) is 12.2 Å². The Balaban J connectivity index is 1.95. The predicted molar refractivity (Wildman–Crippen MR) is 87.6 cm³/mol. The van der Waals surface area contributed by atoms with E-state index < -0.39 is 0 Å². The van der Waals surface area contributed by atoms with Crippen LogP contribution in [0.15, 0.2) is 35.7 Å². The number of rotatable bonds is 5. The number of benzene rings is 1. The highest BCUT2D eigenvalue weighted by Crippen LogP contribution is 2.28. The molecule has 0 radical (unpaired) electrons. The lowest BCUT2D eigenvalue weighted by atomic mass is 10.1. The van der Waals surface area contributed by atoms with Crippen molar-refractivity contribution < 1.29 is 4.79 Å². The molecule has 0 atom stereocenters. The van der Waals surface area contributed by atoms with Crippen molar-refractivity contribution in [3.05, 3.63) is 52.0 Å². The van der Waals surface area contributed by atoms with E-state index in [0.717, 1.165) is 22.0 Å². The second-order valence-corrected chi connectivity index (χ2v) is 8.34. The average Bonchev–Trinajstić information content (AvgIpc) is 2.84. The van der Waals surface area contributed by atoms with Gasteiger partial charge in [0.25, 0.3) is 0 Å². The first-order valence-corrected chi connectivity index (χ1v) is 8.46. The van der Waals surface area contributed by atoms with E-state index in [1.165, 1.54) is 0 Å². The zero-order valence-corrected chi connectivity index (χ0v) is 13.7. The Morgan fingerprint density at radius 1 is 1.25 bits per heavy atom. The monoisotopic (exact) mass is 305 g/mol. The minimum atomic E-state index is 0.130. The Kier molecular flexibility index (Phi) is 5.00. The van der Waals surface area contributed by atoms with Crippen LogP contribution in [0, 0.1) is 0 Å². The SMILES string of the molecule is CC(C)(C)SCc1nc(CC(=O)c2ccccc2)cs1. The molecule has 0 aliphatic rings. The van der Waals surface area contributed by atoms with Crippen molar-refractivity contribution >= 4 is 28.9 Å². The zero-order valence-electron chi connectivity index (χ0n) is 12.1. The molecular weight excluding hydrogens is 286 g/mol. The van der Waals surface area contributed by atoms with Crippen molar-refractivity contribution in [1.29, 1.82) is 0 Å². The van der Waals surface area contributed by atoms with Gasteiger partial charge in [0, 0.05) is 21.4 Å². The quantitative estimate of drug-likeness (QED) is 0.756. The van der Waals surface area contributed by atoms with E-state index in [2.05, 4.69) is 25.8 Å². The molecule has 0 bridgehead atoms. The van der Waals surface area contributed by atoms with Crippen molar-refractivity contribution in [1.82, 2.24) is 4.98 Å². The fraction of sp³-hybridized carbons (Fsp3) is 0.375. The number of aromatic nitrogens is 1. The van der Waals surface area contributed by atoms with E-state index in [4.69, 9.17) is 0 Å². The topological polar surface area (TPSA) is 30.0 Å². The highest BCUT2D eigenvalue weighted by atomic mass is 32.2. The van der Waals surface area contributed by atoms with Crippen LogP contribution in [-0.4, -0.2) is 15.5 Å². The van der Waals surface area contributed by atoms with Gasteiger partial charge in [0.05, 0.1) is 12.1 Å². The molecule has 2 nitrogen and oxygen atoms in total. The number of ketones is 1. The molecule has 0 saturated carbocycles. The summed E-state index contributed by atoms with van der Waals surface area (Å²) >= 11 is 3.52. The molecule has 0 unspecified atom stereocenters. The number of carbonyl (C=O) groups is 1. The van der Waals surface area contributed by atoms with Crippen molar-refractivity contribution in [2.24, 2.45) is 0 Å². The number of thioether (sulfide) groups is 1. The molecule has 0 saturated heterocycles. The molecule has 2 aromatic rings. The molecule has 106 valence electrons. The Bertz CT molecular complexity index is 570. The Hall–Kier alpha value is -1.13. The number of carbonyl (C=O) groups excluding carboxylic acids is 1. The van der Waals surface area contributed by atoms with Gasteiger partial charge in [0.2, 0.25) is 0 Å². The highest BCUT2D eigenvalue weighted by Gasteiger charge is 2.13. The van der Waals surface area contributed by atoms with Gasteiger partial charge in [0.15, 0.2) is 5.78 Å². The van der Waals surface area contributed by atoms with Gasteiger partial charge >= 0.3 is 0 Å². The van der Waals surface area contributed by atoms with E-state index in [0.29, 0.717) is 6.42 Å². The van der Waals surface area contributed by atoms with Crippen molar-refractivity contribution in [2.45, 2.75) is 37.7 Å². The predicted octanol–water partition coefficient (Wildman–Crippen LogP) is 4.60. The summed E-state index contributed by atoms with van der Waals surface area (Å²) in [5.74, 6) is 1.04. The van der Waals surface area contributed by atoms with E-state index in [-0.39, 0.29) is 10.5 Å². The molecule has 0 aliphatic carbocycles. The highest BCUT2D eigenvalue weighted by molar-refractivity contribution is 7.99. The maximum Gasteiger partial charge on any atom is 0.168 e. The standard InChI is InChI=1S/C16H19NOS2/c1-16(2,3)20-11-15-17-13(10-19-15)9-14(18)12-7-5-4-6-8-12/h4-8,10H,9,11H2,1-3H3. The maximum atomic E-state index is 12.1. The van der Waals surface area contributed by atoms with Gasteiger partial charge in [-0.1, -0.05) is 51.1 Å². The van der Waals surface area contributed by atoms with E-state index in [1.54, 1.807) is 11.3 Å². The summed E-state index contributed by atoms with van der Waals surface area (Å²) in [6.07, 6.45) is 0.390. The number of hydrogen-bond acceptors (Lipinski definition) is 4. The lowest BCUT2D eigenvalue weighted by Crippen LogP contribution is -2.07. The van der Waals surface area contributed by atoms with Gasteiger partial charge in [-0.2, -0.15) is 0 Å². The first kappa shape index (κ1) is 15.3. The smallest absolute Gasteiger partial charge is 0.168 e. The Morgan fingerprint density at radius 2 is 1.95 bits per heavy atom. The minimum Gasteiger partial charge on any atom is -0.294 e. The molecule has 0 spiro atoms. The second kappa shape index (κ2) is 6.55. The summed E-state index contributed by atoms with van der Waals surface area (Å²) in [7, 11) is 0. The van der Waals surface area contributed by atoms with E-state index in [9.17, 15) is 4.79 Å². The number of nitrogens with zero attached hydrogens (tertiary/aromatic N) is 1. The summed E-state index contributed by atoms with van der Waals surface area (Å²) in [6, 6.07) is 9.40. The molecule has 4 heteroatoms. The summed E-state index contributed by atoms with van der Waals surface area (Å²) in [6.45, 7) is 6.60. The van der Waals surface area contributed by atoms with Crippen molar-refractivity contribution in [3.63, 3.8) is 0 Å². The largest absolute Gasteiger partial charge is 0.294 e. The zero-order chi connectivity index (χ0) is 14.6. The van der Waals surface area contributed by atoms with Crippen LogP contribution >= 0.6 is 23.1 Å².